The lowest BCUT2D eigenvalue weighted by Crippen LogP contribution is -2.65. The Morgan fingerprint density at radius 2 is 1.76 bits per heavy atom. The zero-order chi connectivity index (χ0) is 44.5. The molecular formula is C50H62F2N6O4Si. The quantitative estimate of drug-likeness (QED) is 0.133. The number of pyridine rings is 1. The second-order valence-electron chi connectivity index (χ2n) is 21.3. The number of halogens is 2. The standard InChI is InChI=1S/C50H62F2N6O4Si/c1-27(2)63(28(3)4,29(5)6)22-19-34-36(51)17-15-31-13-11-14-35(39(31)34)42-41(52)43-40-45(55-47(54-43)60-26-50-20-12-21-57(50)38-23-32(38)24-50)56-25-33-16-18-37(44(56)30(7)61-46(40)53-42)58(33)48(59)62-49(8,9)10/h11,13-15,17,27-30,32-33,37-38,44H,12,16,18,20-21,23-26H2,1-10H3/t30-,32-,33+,37-,38-,44+,50?/m0/s1. The predicted molar refractivity (Wildman–Crippen MR) is 245 cm³/mol. The molecule has 63 heavy (non-hydrogen) atoms. The normalized spacial score (nSPS) is 27.3. The fourth-order valence-electron chi connectivity index (χ4n) is 13.0. The number of hydrogen-bond donors (Lipinski definition) is 0. The molecule has 2 aromatic carbocycles. The van der Waals surface area contributed by atoms with E-state index < -0.39 is 31.4 Å². The van der Waals surface area contributed by atoms with E-state index in [1.807, 2.05) is 44.7 Å². The molecule has 1 saturated carbocycles. The van der Waals surface area contributed by atoms with E-state index in [-0.39, 0.29) is 58.4 Å². The summed E-state index contributed by atoms with van der Waals surface area (Å²) in [6, 6.07) is 8.69. The highest BCUT2D eigenvalue weighted by atomic mass is 28.3. The van der Waals surface area contributed by atoms with E-state index in [0.29, 0.717) is 63.9 Å². The van der Waals surface area contributed by atoms with Crippen LogP contribution in [-0.2, 0) is 4.74 Å². The fourth-order valence-corrected chi connectivity index (χ4v) is 18.2. The average molecular weight is 877 g/mol. The highest BCUT2D eigenvalue weighted by molar-refractivity contribution is 6.90. The maximum Gasteiger partial charge on any atom is 0.410 e. The number of ether oxygens (including phenoxy) is 3. The third-order valence-electron chi connectivity index (χ3n) is 15.6. The number of carbonyl (C=O) groups is 1. The number of benzene rings is 2. The summed E-state index contributed by atoms with van der Waals surface area (Å²) in [5.74, 6) is 3.64. The summed E-state index contributed by atoms with van der Waals surface area (Å²) in [5, 5.41) is 1.58. The van der Waals surface area contributed by atoms with Gasteiger partial charge in [0.05, 0.1) is 29.2 Å². The van der Waals surface area contributed by atoms with E-state index in [2.05, 4.69) is 62.8 Å². The molecule has 1 amide bonds. The Labute approximate surface area is 371 Å². The van der Waals surface area contributed by atoms with Crippen LogP contribution >= 0.6 is 0 Å². The van der Waals surface area contributed by atoms with Crippen LogP contribution in [0.15, 0.2) is 30.3 Å². The summed E-state index contributed by atoms with van der Waals surface area (Å²) in [7, 11) is -2.28. The van der Waals surface area contributed by atoms with Crippen molar-refractivity contribution in [2.45, 2.75) is 166 Å². The van der Waals surface area contributed by atoms with Crippen LogP contribution in [0.1, 0.15) is 113 Å². The summed E-state index contributed by atoms with van der Waals surface area (Å²) >= 11 is 0. The molecule has 0 spiro atoms. The van der Waals surface area contributed by atoms with Crippen LogP contribution in [0.5, 0.6) is 11.9 Å². The minimum atomic E-state index is -2.28. The van der Waals surface area contributed by atoms with Gasteiger partial charge in [0.15, 0.2) is 5.82 Å². The molecule has 2 bridgehead atoms. The van der Waals surface area contributed by atoms with Gasteiger partial charge in [0, 0.05) is 23.5 Å². The van der Waals surface area contributed by atoms with E-state index in [9.17, 15) is 4.79 Å². The summed E-state index contributed by atoms with van der Waals surface area (Å²) in [6.45, 7) is 22.9. The number of anilines is 1. The van der Waals surface area contributed by atoms with Crippen molar-refractivity contribution in [3.63, 3.8) is 0 Å². The first kappa shape index (κ1) is 42.4. The topological polar surface area (TPSA) is 93.2 Å². The number of hydrogen-bond acceptors (Lipinski definition) is 9. The Morgan fingerprint density at radius 3 is 2.49 bits per heavy atom. The summed E-state index contributed by atoms with van der Waals surface area (Å²) in [4.78, 5) is 35.6. The second-order valence-corrected chi connectivity index (χ2v) is 26.9. The lowest BCUT2D eigenvalue weighted by atomic mass is 9.93. The van der Waals surface area contributed by atoms with Gasteiger partial charge in [-0.1, -0.05) is 71.7 Å². The minimum absolute atomic E-state index is 0.00662. The van der Waals surface area contributed by atoms with Gasteiger partial charge in [0.25, 0.3) is 0 Å². The molecule has 4 aromatic rings. The van der Waals surface area contributed by atoms with Crippen molar-refractivity contribution in [2.24, 2.45) is 5.92 Å². The zero-order valence-corrected chi connectivity index (χ0v) is 39.5. The van der Waals surface area contributed by atoms with Crippen LogP contribution in [0.4, 0.5) is 19.4 Å². The molecule has 0 N–H and O–H groups in total. The van der Waals surface area contributed by atoms with Gasteiger partial charge < -0.3 is 19.1 Å². The molecule has 4 saturated heterocycles. The van der Waals surface area contributed by atoms with E-state index in [4.69, 9.17) is 29.2 Å². The van der Waals surface area contributed by atoms with Crippen molar-refractivity contribution >= 4 is 41.7 Å². The molecule has 1 aliphatic carbocycles. The Kier molecular flexibility index (Phi) is 10.1. The van der Waals surface area contributed by atoms with Crippen LogP contribution in [0, 0.1) is 29.0 Å². The molecular weight excluding hydrogens is 815 g/mol. The van der Waals surface area contributed by atoms with Crippen LogP contribution in [0.25, 0.3) is 32.9 Å². The number of nitrogens with zero attached hydrogens (tertiary/aromatic N) is 6. The van der Waals surface area contributed by atoms with Crippen LogP contribution < -0.4 is 14.4 Å². The molecule has 1 unspecified atom stereocenters. The highest BCUT2D eigenvalue weighted by Gasteiger charge is 2.61. The number of piperazine rings is 1. The average Bonchev–Trinajstić information content (AvgIpc) is 3.59. The molecule has 10 rings (SSSR count). The third kappa shape index (κ3) is 6.70. The highest BCUT2D eigenvalue weighted by Crippen LogP contribution is 2.57. The van der Waals surface area contributed by atoms with Gasteiger partial charge in [0.1, 0.15) is 54.6 Å². The largest absolute Gasteiger partial charge is 0.472 e. The van der Waals surface area contributed by atoms with E-state index in [1.54, 1.807) is 12.1 Å². The lowest BCUT2D eigenvalue weighted by Gasteiger charge is -2.48. The monoisotopic (exact) mass is 876 g/mol. The molecule has 5 aliphatic heterocycles. The van der Waals surface area contributed by atoms with Crippen molar-refractivity contribution in [3.05, 3.63) is 47.5 Å². The first-order chi connectivity index (χ1) is 29.9. The molecule has 7 atom stereocenters. The van der Waals surface area contributed by atoms with Gasteiger partial charge in [-0.05, 0) is 107 Å². The SMILES string of the molecule is CC(C)[Si](C#Cc1c(F)ccc2cccc(-c3nc4c5c(nc(OCC67CCCN6[C@H]6C[C@H]6C7)nc5c3F)N3C[C@H]5CC[C@@H]([C@H]3[C@H](C)O4)N5C(=O)OC(C)(C)C)c12)(C(C)C)C(C)C. The number of carbonyl (C=O) groups excluding carboxylic acids is 1. The first-order valence-corrected chi connectivity index (χ1v) is 25.7. The molecule has 0 radical (unpaired) electrons. The molecule has 2 aromatic heterocycles. The number of aromatic nitrogens is 3. The number of amides is 1. The maximum absolute atomic E-state index is 18.0. The Balaban J connectivity index is 1.14. The molecule has 334 valence electrons. The lowest BCUT2D eigenvalue weighted by molar-refractivity contribution is 0.000934. The summed E-state index contributed by atoms with van der Waals surface area (Å²) < 4.78 is 53.8. The molecule has 10 nitrogen and oxygen atoms in total. The van der Waals surface area contributed by atoms with E-state index >= 15 is 8.78 Å². The third-order valence-corrected chi connectivity index (χ3v) is 21.9. The van der Waals surface area contributed by atoms with Gasteiger partial charge in [-0.3, -0.25) is 9.80 Å². The molecule has 6 aliphatic rings. The fraction of sp³-hybridized carbons (Fsp3) is 0.600. The van der Waals surface area contributed by atoms with Gasteiger partial charge in [0.2, 0.25) is 5.88 Å². The second kappa shape index (κ2) is 15.0. The van der Waals surface area contributed by atoms with E-state index in [1.165, 1.54) is 12.5 Å². The smallest absolute Gasteiger partial charge is 0.410 e. The van der Waals surface area contributed by atoms with Gasteiger partial charge >= 0.3 is 12.1 Å². The summed E-state index contributed by atoms with van der Waals surface area (Å²) in [6.07, 6.45) is 5.20. The Bertz CT molecular complexity index is 2570. The number of rotatable bonds is 7. The van der Waals surface area contributed by atoms with Crippen molar-refractivity contribution < 1.29 is 27.8 Å². The van der Waals surface area contributed by atoms with Gasteiger partial charge in [-0.2, -0.15) is 9.97 Å². The summed E-state index contributed by atoms with van der Waals surface area (Å²) in [5.41, 5.74) is 4.66. The van der Waals surface area contributed by atoms with Gasteiger partial charge in [-0.25, -0.2) is 18.6 Å². The van der Waals surface area contributed by atoms with E-state index in [0.717, 1.165) is 44.0 Å². The van der Waals surface area contributed by atoms with Gasteiger partial charge in [-0.15, -0.1) is 5.54 Å². The number of piperidine rings is 1. The van der Waals surface area contributed by atoms with Crippen LogP contribution in [-0.4, -0.2) is 100 Å². The molecule has 7 heterocycles. The van der Waals surface area contributed by atoms with Crippen molar-refractivity contribution in [2.75, 3.05) is 24.6 Å². The van der Waals surface area contributed by atoms with Crippen LogP contribution in [0.3, 0.4) is 0 Å². The molecule has 5 fully saturated rings. The molecule has 13 heteroatoms. The number of fused-ring (bicyclic) bond motifs is 9. The van der Waals surface area contributed by atoms with Crippen molar-refractivity contribution in [1.29, 1.82) is 0 Å². The predicted octanol–water partition coefficient (Wildman–Crippen LogP) is 10.4. The first-order valence-electron chi connectivity index (χ1n) is 23.4. The van der Waals surface area contributed by atoms with Crippen molar-refractivity contribution in [1.82, 2.24) is 24.8 Å². The maximum atomic E-state index is 18.0. The Hall–Kier alpha value is -4.54. The van der Waals surface area contributed by atoms with Crippen molar-refractivity contribution in [3.8, 4) is 34.6 Å². The van der Waals surface area contributed by atoms with Crippen LogP contribution in [0.2, 0.25) is 16.6 Å². The minimum Gasteiger partial charge on any atom is -0.472 e. The Morgan fingerprint density at radius 1 is 1.00 bits per heavy atom. The zero-order valence-electron chi connectivity index (χ0n) is 38.5.